The van der Waals surface area contributed by atoms with Crippen molar-refractivity contribution in [3.05, 3.63) is 24.0 Å². The van der Waals surface area contributed by atoms with Gasteiger partial charge >= 0.3 is 0 Å². The van der Waals surface area contributed by atoms with E-state index in [4.69, 9.17) is 5.84 Å². The van der Waals surface area contributed by atoms with E-state index in [1.54, 1.807) is 6.07 Å². The van der Waals surface area contributed by atoms with Gasteiger partial charge in [0.15, 0.2) is 0 Å². The number of nitrogens with one attached hydrogen (secondary N) is 3. The lowest BCUT2D eigenvalue weighted by atomic mass is 10.3. The first kappa shape index (κ1) is 14.4. The molecule has 0 spiro atoms. The molecule has 18 heavy (non-hydrogen) atoms. The highest BCUT2D eigenvalue weighted by molar-refractivity contribution is 7.88. The van der Waals surface area contributed by atoms with Gasteiger partial charge in [-0.15, -0.1) is 0 Å². The van der Waals surface area contributed by atoms with Crippen molar-refractivity contribution in [2.45, 2.75) is 0 Å². The molecule has 0 aromatic carbocycles. The van der Waals surface area contributed by atoms with Crippen LogP contribution in [0.25, 0.3) is 0 Å². The molecule has 0 atom stereocenters. The van der Waals surface area contributed by atoms with Crippen LogP contribution in [0.2, 0.25) is 0 Å². The SMILES string of the molecule is CS(=O)(=O)NCCNC(=O)c1ccc(NN)cn1. The van der Waals surface area contributed by atoms with E-state index in [0.29, 0.717) is 5.69 Å². The lowest BCUT2D eigenvalue weighted by Gasteiger charge is -2.05. The largest absolute Gasteiger partial charge is 0.349 e. The molecule has 0 saturated carbocycles. The standard InChI is InChI=1S/C9H15N5O3S/c1-18(16,17)13-5-4-11-9(15)8-3-2-7(14-10)6-12-8/h2-3,6,13-14H,4-5,10H2,1H3,(H,11,15). The molecular weight excluding hydrogens is 258 g/mol. The molecule has 1 aromatic heterocycles. The Morgan fingerprint density at radius 1 is 1.39 bits per heavy atom. The van der Waals surface area contributed by atoms with Gasteiger partial charge in [0.25, 0.3) is 5.91 Å². The van der Waals surface area contributed by atoms with Crippen molar-refractivity contribution in [2.75, 3.05) is 24.8 Å². The third-order valence-electron chi connectivity index (χ3n) is 1.94. The zero-order valence-electron chi connectivity index (χ0n) is 9.80. The summed E-state index contributed by atoms with van der Waals surface area (Å²) in [7, 11) is -3.23. The second kappa shape index (κ2) is 6.28. The number of rotatable bonds is 6. The summed E-state index contributed by atoms with van der Waals surface area (Å²) in [5.74, 6) is 4.78. The predicted octanol–water partition coefficient (Wildman–Crippen LogP) is -1.35. The smallest absolute Gasteiger partial charge is 0.269 e. The molecule has 1 rings (SSSR count). The van der Waals surface area contributed by atoms with Crippen LogP contribution in [0.15, 0.2) is 18.3 Å². The van der Waals surface area contributed by atoms with Crippen LogP contribution >= 0.6 is 0 Å². The normalized spacial score (nSPS) is 11.0. The Balaban J connectivity index is 2.40. The molecule has 1 aromatic rings. The Morgan fingerprint density at radius 2 is 2.11 bits per heavy atom. The second-order valence-corrected chi connectivity index (χ2v) is 5.33. The maximum atomic E-state index is 11.6. The summed E-state index contributed by atoms with van der Waals surface area (Å²) in [5.41, 5.74) is 3.21. The number of hydrogen-bond donors (Lipinski definition) is 4. The van der Waals surface area contributed by atoms with Crippen LogP contribution < -0.4 is 21.3 Å². The van der Waals surface area contributed by atoms with E-state index in [1.807, 2.05) is 0 Å². The van der Waals surface area contributed by atoms with Gasteiger partial charge in [-0.2, -0.15) is 0 Å². The van der Waals surface area contributed by atoms with Gasteiger partial charge in [-0.05, 0) is 12.1 Å². The quantitative estimate of drug-likeness (QED) is 0.288. The molecule has 1 amide bonds. The van der Waals surface area contributed by atoms with Crippen LogP contribution in [0.5, 0.6) is 0 Å². The van der Waals surface area contributed by atoms with Gasteiger partial charge in [-0.1, -0.05) is 0 Å². The summed E-state index contributed by atoms with van der Waals surface area (Å²) < 4.78 is 23.8. The topological polar surface area (TPSA) is 126 Å². The number of hydrazine groups is 1. The van der Waals surface area contributed by atoms with Crippen LogP contribution in [0.3, 0.4) is 0 Å². The van der Waals surface area contributed by atoms with E-state index in [0.717, 1.165) is 6.26 Å². The van der Waals surface area contributed by atoms with Crippen LogP contribution in [-0.4, -0.2) is 38.7 Å². The fourth-order valence-electron chi connectivity index (χ4n) is 1.12. The molecule has 5 N–H and O–H groups in total. The van der Waals surface area contributed by atoms with Crippen molar-refractivity contribution in [3.63, 3.8) is 0 Å². The summed E-state index contributed by atoms with van der Waals surface area (Å²) in [4.78, 5) is 15.5. The van der Waals surface area contributed by atoms with Crippen molar-refractivity contribution in [1.82, 2.24) is 15.0 Å². The number of hydrogen-bond acceptors (Lipinski definition) is 6. The Kier molecular flexibility index (Phi) is 5.01. The minimum atomic E-state index is -3.23. The van der Waals surface area contributed by atoms with E-state index in [1.165, 1.54) is 12.3 Å². The van der Waals surface area contributed by atoms with Crippen LogP contribution in [0, 0.1) is 0 Å². The third-order valence-corrected chi connectivity index (χ3v) is 2.67. The van der Waals surface area contributed by atoms with Crippen molar-refractivity contribution >= 4 is 21.6 Å². The van der Waals surface area contributed by atoms with E-state index < -0.39 is 10.0 Å². The van der Waals surface area contributed by atoms with Crippen molar-refractivity contribution < 1.29 is 13.2 Å². The summed E-state index contributed by atoms with van der Waals surface area (Å²) in [6, 6.07) is 3.12. The van der Waals surface area contributed by atoms with E-state index >= 15 is 0 Å². The summed E-state index contributed by atoms with van der Waals surface area (Å²) >= 11 is 0. The lowest BCUT2D eigenvalue weighted by Crippen LogP contribution is -2.34. The first-order chi connectivity index (χ1) is 8.42. The molecular formula is C9H15N5O3S. The van der Waals surface area contributed by atoms with Gasteiger partial charge in [0.2, 0.25) is 10.0 Å². The molecule has 9 heteroatoms. The van der Waals surface area contributed by atoms with Crippen molar-refractivity contribution in [1.29, 1.82) is 0 Å². The molecule has 0 bridgehead atoms. The maximum absolute atomic E-state index is 11.6. The van der Waals surface area contributed by atoms with Gasteiger partial charge in [-0.3, -0.25) is 10.6 Å². The predicted molar refractivity (Wildman–Crippen MR) is 67.2 cm³/mol. The van der Waals surface area contributed by atoms with E-state index in [2.05, 4.69) is 20.4 Å². The number of nitrogens with zero attached hydrogens (tertiary/aromatic N) is 1. The number of nitrogens with two attached hydrogens (primary N) is 1. The monoisotopic (exact) mass is 273 g/mol. The first-order valence-electron chi connectivity index (χ1n) is 5.08. The molecule has 0 aliphatic heterocycles. The molecule has 0 radical (unpaired) electrons. The molecule has 100 valence electrons. The maximum Gasteiger partial charge on any atom is 0.269 e. The van der Waals surface area contributed by atoms with E-state index in [-0.39, 0.29) is 24.7 Å². The van der Waals surface area contributed by atoms with Gasteiger partial charge in [-0.25, -0.2) is 18.1 Å². The molecule has 8 nitrogen and oxygen atoms in total. The molecule has 1 heterocycles. The fraction of sp³-hybridized carbons (Fsp3) is 0.333. The highest BCUT2D eigenvalue weighted by Crippen LogP contribution is 2.03. The van der Waals surface area contributed by atoms with Crippen LogP contribution in [0.4, 0.5) is 5.69 Å². The van der Waals surface area contributed by atoms with Gasteiger partial charge < -0.3 is 10.7 Å². The Morgan fingerprint density at radius 3 is 2.61 bits per heavy atom. The van der Waals surface area contributed by atoms with Crippen LogP contribution in [0.1, 0.15) is 10.5 Å². The van der Waals surface area contributed by atoms with Gasteiger partial charge in [0, 0.05) is 13.1 Å². The first-order valence-corrected chi connectivity index (χ1v) is 6.97. The average molecular weight is 273 g/mol. The zero-order valence-corrected chi connectivity index (χ0v) is 10.6. The Hall–Kier alpha value is -1.71. The number of nitrogen functional groups attached to an aromatic ring is 1. The minimum Gasteiger partial charge on any atom is -0.349 e. The number of aromatic nitrogens is 1. The number of anilines is 1. The Labute approximate surface area is 105 Å². The van der Waals surface area contributed by atoms with Gasteiger partial charge in [0.05, 0.1) is 18.1 Å². The second-order valence-electron chi connectivity index (χ2n) is 3.50. The van der Waals surface area contributed by atoms with E-state index in [9.17, 15) is 13.2 Å². The summed E-state index contributed by atoms with van der Waals surface area (Å²) in [6.07, 6.45) is 2.47. The molecule has 0 aliphatic rings. The summed E-state index contributed by atoms with van der Waals surface area (Å²) in [6.45, 7) is 0.317. The lowest BCUT2D eigenvalue weighted by molar-refractivity contribution is 0.0949. The number of carbonyl (C=O) groups excluding carboxylic acids is 1. The highest BCUT2D eigenvalue weighted by atomic mass is 32.2. The number of pyridine rings is 1. The van der Waals surface area contributed by atoms with Crippen molar-refractivity contribution in [2.24, 2.45) is 5.84 Å². The minimum absolute atomic E-state index is 0.132. The number of sulfonamides is 1. The van der Waals surface area contributed by atoms with Gasteiger partial charge in [0.1, 0.15) is 5.69 Å². The zero-order chi connectivity index (χ0) is 13.6. The number of carbonyl (C=O) groups is 1. The average Bonchev–Trinajstić information content (AvgIpc) is 2.33. The molecule has 0 unspecified atom stereocenters. The van der Waals surface area contributed by atoms with Crippen molar-refractivity contribution in [3.8, 4) is 0 Å². The third kappa shape index (κ3) is 5.08. The fourth-order valence-corrected chi connectivity index (χ4v) is 1.59. The number of amides is 1. The molecule has 0 fully saturated rings. The Bertz CT molecular complexity index is 499. The molecule has 0 aliphatic carbocycles. The molecule has 0 saturated heterocycles. The summed E-state index contributed by atoms with van der Waals surface area (Å²) in [5, 5.41) is 2.53. The van der Waals surface area contributed by atoms with Crippen LogP contribution in [-0.2, 0) is 10.0 Å². The highest BCUT2D eigenvalue weighted by Gasteiger charge is 2.06.